The van der Waals surface area contributed by atoms with Crippen LogP contribution in [0.2, 0.25) is 0 Å². The largest absolute Gasteiger partial charge is 0.347 e. The summed E-state index contributed by atoms with van der Waals surface area (Å²) in [7, 11) is 0. The van der Waals surface area contributed by atoms with Crippen molar-refractivity contribution in [3.63, 3.8) is 0 Å². The fraction of sp³-hybridized carbons (Fsp3) is 0.250. The van der Waals surface area contributed by atoms with Crippen molar-refractivity contribution in [1.82, 2.24) is 9.78 Å². The predicted molar refractivity (Wildman–Crippen MR) is 87.4 cm³/mol. The number of para-hydroxylation sites is 1. The summed E-state index contributed by atoms with van der Waals surface area (Å²) in [6, 6.07) is 7.17. The van der Waals surface area contributed by atoms with Gasteiger partial charge in [-0.2, -0.15) is 9.78 Å². The minimum atomic E-state index is -3.00. The van der Waals surface area contributed by atoms with E-state index in [4.69, 9.17) is 0 Å². The SMILES string of the molecule is CCC(F)(F)c1ccccc1NC(=O)n1nc(C)c2sccc21. The number of nitrogens with one attached hydrogen (secondary N) is 1. The monoisotopic (exact) mass is 335 g/mol. The summed E-state index contributed by atoms with van der Waals surface area (Å²) >= 11 is 1.49. The molecule has 0 spiro atoms. The molecule has 2 heterocycles. The summed E-state index contributed by atoms with van der Waals surface area (Å²) < 4.78 is 30.2. The molecule has 1 N–H and O–H groups in total. The summed E-state index contributed by atoms with van der Waals surface area (Å²) in [6.45, 7) is 3.21. The van der Waals surface area contributed by atoms with Gasteiger partial charge < -0.3 is 5.32 Å². The van der Waals surface area contributed by atoms with Crippen molar-refractivity contribution in [2.45, 2.75) is 26.2 Å². The van der Waals surface area contributed by atoms with Crippen LogP contribution in [0.3, 0.4) is 0 Å². The number of aryl methyl sites for hydroxylation is 1. The zero-order chi connectivity index (χ0) is 16.6. The number of hydrogen-bond donors (Lipinski definition) is 1. The summed E-state index contributed by atoms with van der Waals surface area (Å²) in [6.07, 6.45) is -0.338. The number of carbonyl (C=O) groups excluding carboxylic acids is 1. The highest BCUT2D eigenvalue weighted by Gasteiger charge is 2.32. The maximum absolute atomic E-state index is 14.0. The summed E-state index contributed by atoms with van der Waals surface area (Å²) in [5.41, 5.74) is 1.31. The average molecular weight is 335 g/mol. The molecule has 0 atom stereocenters. The van der Waals surface area contributed by atoms with E-state index in [2.05, 4.69) is 10.4 Å². The number of fused-ring (bicyclic) bond motifs is 1. The van der Waals surface area contributed by atoms with Crippen LogP contribution in [0.4, 0.5) is 19.3 Å². The highest BCUT2D eigenvalue weighted by molar-refractivity contribution is 7.17. The Bertz CT molecular complexity index is 869. The molecule has 1 aromatic carbocycles. The Morgan fingerprint density at radius 2 is 2.09 bits per heavy atom. The maximum atomic E-state index is 14.0. The smallest absolute Gasteiger partial charge is 0.306 e. The van der Waals surface area contributed by atoms with Gasteiger partial charge in [-0.15, -0.1) is 11.3 Å². The Labute approximate surface area is 135 Å². The van der Waals surface area contributed by atoms with Gasteiger partial charge in [0.05, 0.1) is 21.6 Å². The Morgan fingerprint density at radius 3 is 2.83 bits per heavy atom. The number of aromatic nitrogens is 2. The van der Waals surface area contributed by atoms with E-state index < -0.39 is 12.0 Å². The molecule has 0 unspecified atom stereocenters. The number of amides is 1. The number of rotatable bonds is 3. The quantitative estimate of drug-likeness (QED) is 0.733. The van der Waals surface area contributed by atoms with Gasteiger partial charge in [0.1, 0.15) is 0 Å². The van der Waals surface area contributed by atoms with Crippen LogP contribution in [-0.2, 0) is 5.92 Å². The standard InChI is InChI=1S/C16H15F2N3OS/c1-3-16(17,18)11-6-4-5-7-12(11)19-15(22)21-13-8-9-23-14(13)10(2)20-21/h4-9H,3H2,1-2H3,(H,19,22). The first-order valence-electron chi connectivity index (χ1n) is 7.15. The van der Waals surface area contributed by atoms with Crippen LogP contribution in [-0.4, -0.2) is 15.8 Å². The first-order chi connectivity index (χ1) is 10.9. The van der Waals surface area contributed by atoms with E-state index in [0.717, 1.165) is 10.4 Å². The molecule has 2 aromatic heterocycles. The third-order valence-electron chi connectivity index (χ3n) is 3.65. The molecule has 23 heavy (non-hydrogen) atoms. The average Bonchev–Trinajstić information content (AvgIpc) is 3.12. The van der Waals surface area contributed by atoms with Gasteiger partial charge in [0.2, 0.25) is 0 Å². The molecule has 0 aliphatic heterocycles. The van der Waals surface area contributed by atoms with Crippen molar-refractivity contribution in [2.75, 3.05) is 5.32 Å². The van der Waals surface area contributed by atoms with Crippen LogP contribution < -0.4 is 5.32 Å². The minimum absolute atomic E-state index is 0.0980. The van der Waals surface area contributed by atoms with Gasteiger partial charge in [0.25, 0.3) is 5.92 Å². The van der Waals surface area contributed by atoms with Gasteiger partial charge in [-0.1, -0.05) is 25.1 Å². The third-order valence-corrected chi connectivity index (χ3v) is 4.66. The van der Waals surface area contributed by atoms with Crippen LogP contribution in [0.25, 0.3) is 10.2 Å². The normalized spacial score (nSPS) is 11.8. The molecule has 0 saturated heterocycles. The maximum Gasteiger partial charge on any atom is 0.347 e. The zero-order valence-corrected chi connectivity index (χ0v) is 13.5. The summed E-state index contributed by atoms with van der Waals surface area (Å²) in [4.78, 5) is 12.5. The lowest BCUT2D eigenvalue weighted by atomic mass is 10.0. The van der Waals surface area contributed by atoms with E-state index in [1.165, 1.54) is 41.1 Å². The van der Waals surface area contributed by atoms with Crippen molar-refractivity contribution in [2.24, 2.45) is 0 Å². The number of benzene rings is 1. The van der Waals surface area contributed by atoms with E-state index in [1.54, 1.807) is 12.1 Å². The van der Waals surface area contributed by atoms with Crippen LogP contribution in [0.5, 0.6) is 0 Å². The molecule has 0 fully saturated rings. The Hall–Kier alpha value is -2.28. The third kappa shape index (κ3) is 2.72. The van der Waals surface area contributed by atoms with Gasteiger partial charge in [-0.3, -0.25) is 0 Å². The number of halogens is 2. The lowest BCUT2D eigenvalue weighted by Gasteiger charge is -2.18. The lowest BCUT2D eigenvalue weighted by molar-refractivity contribution is -0.00751. The molecule has 3 aromatic rings. The van der Waals surface area contributed by atoms with E-state index in [0.29, 0.717) is 5.52 Å². The zero-order valence-electron chi connectivity index (χ0n) is 12.6. The predicted octanol–water partition coefficient (Wildman–Crippen LogP) is 4.99. The first-order valence-corrected chi connectivity index (χ1v) is 8.03. The highest BCUT2D eigenvalue weighted by atomic mass is 32.1. The van der Waals surface area contributed by atoms with Crippen LogP contribution >= 0.6 is 11.3 Å². The fourth-order valence-electron chi connectivity index (χ4n) is 2.41. The van der Waals surface area contributed by atoms with Gasteiger partial charge >= 0.3 is 6.03 Å². The van der Waals surface area contributed by atoms with Crippen molar-refractivity contribution < 1.29 is 13.6 Å². The molecule has 3 rings (SSSR count). The summed E-state index contributed by atoms with van der Waals surface area (Å²) in [5.74, 6) is -3.00. The molecule has 120 valence electrons. The lowest BCUT2D eigenvalue weighted by Crippen LogP contribution is -2.23. The Morgan fingerprint density at radius 1 is 1.35 bits per heavy atom. The molecule has 0 aliphatic carbocycles. The van der Waals surface area contributed by atoms with Gasteiger partial charge in [0, 0.05) is 12.0 Å². The number of anilines is 1. The second kappa shape index (κ2) is 5.73. The van der Waals surface area contributed by atoms with E-state index in [-0.39, 0.29) is 17.7 Å². The second-order valence-electron chi connectivity index (χ2n) is 5.17. The molecule has 1 amide bonds. The van der Waals surface area contributed by atoms with Crippen LogP contribution in [0, 0.1) is 6.92 Å². The number of hydrogen-bond acceptors (Lipinski definition) is 3. The molecular formula is C16H15F2N3OS. The van der Waals surface area contributed by atoms with Crippen molar-refractivity contribution in [1.29, 1.82) is 0 Å². The number of alkyl halides is 2. The van der Waals surface area contributed by atoms with Crippen molar-refractivity contribution in [3.8, 4) is 0 Å². The molecule has 0 bridgehead atoms. The highest BCUT2D eigenvalue weighted by Crippen LogP contribution is 2.36. The van der Waals surface area contributed by atoms with Gasteiger partial charge in [-0.25, -0.2) is 13.6 Å². The molecule has 7 heteroatoms. The Kier molecular flexibility index (Phi) is 3.89. The molecule has 0 radical (unpaired) electrons. The van der Waals surface area contributed by atoms with E-state index in [1.807, 2.05) is 12.3 Å². The van der Waals surface area contributed by atoms with Crippen LogP contribution in [0.1, 0.15) is 24.6 Å². The number of nitrogens with zero attached hydrogens (tertiary/aromatic N) is 2. The second-order valence-corrected chi connectivity index (χ2v) is 6.08. The van der Waals surface area contributed by atoms with Gasteiger partial charge in [-0.05, 0) is 24.4 Å². The molecule has 0 saturated carbocycles. The van der Waals surface area contributed by atoms with Crippen molar-refractivity contribution in [3.05, 3.63) is 47.0 Å². The number of carbonyl (C=O) groups is 1. The molecule has 0 aliphatic rings. The molecule has 4 nitrogen and oxygen atoms in total. The van der Waals surface area contributed by atoms with Gasteiger partial charge in [0.15, 0.2) is 0 Å². The van der Waals surface area contributed by atoms with Crippen LogP contribution in [0.15, 0.2) is 35.7 Å². The van der Waals surface area contributed by atoms with Crippen molar-refractivity contribution >= 4 is 33.3 Å². The van der Waals surface area contributed by atoms with E-state index >= 15 is 0 Å². The topological polar surface area (TPSA) is 46.9 Å². The Balaban J connectivity index is 1.97. The first kappa shape index (κ1) is 15.6. The number of thiophene rings is 1. The van der Waals surface area contributed by atoms with E-state index in [9.17, 15) is 13.6 Å². The minimum Gasteiger partial charge on any atom is -0.306 e. The fourth-order valence-corrected chi connectivity index (χ4v) is 3.23. The molecular weight excluding hydrogens is 320 g/mol. The summed E-state index contributed by atoms with van der Waals surface area (Å²) in [5, 5.41) is 8.60.